The van der Waals surface area contributed by atoms with Gasteiger partial charge >= 0.3 is 0 Å². The molecule has 1 amide bonds. The zero-order chi connectivity index (χ0) is 14.7. The number of nitrogens with two attached hydrogens (primary N) is 1. The van der Waals surface area contributed by atoms with E-state index < -0.39 is 0 Å². The van der Waals surface area contributed by atoms with Crippen LogP contribution in [0.1, 0.15) is 26.7 Å². The molecule has 0 bridgehead atoms. The quantitative estimate of drug-likeness (QED) is 0.871. The number of aromatic nitrogens is 2. The first-order chi connectivity index (χ1) is 9.52. The summed E-state index contributed by atoms with van der Waals surface area (Å²) in [7, 11) is 0. The molecule has 1 aliphatic heterocycles. The van der Waals surface area contributed by atoms with Crippen LogP contribution in [0.5, 0.6) is 0 Å². The van der Waals surface area contributed by atoms with Crippen LogP contribution in [0, 0.1) is 5.92 Å². The van der Waals surface area contributed by atoms with E-state index in [0.29, 0.717) is 18.5 Å². The van der Waals surface area contributed by atoms with Crippen molar-refractivity contribution in [2.24, 2.45) is 11.7 Å². The van der Waals surface area contributed by atoms with Gasteiger partial charge in [-0.05, 0) is 42.6 Å². The molecular weight excluding hydrogens is 322 g/mol. The van der Waals surface area contributed by atoms with Crippen molar-refractivity contribution >= 4 is 33.6 Å². The van der Waals surface area contributed by atoms with Gasteiger partial charge in [0, 0.05) is 25.3 Å². The second-order valence-electron chi connectivity index (χ2n) is 5.07. The summed E-state index contributed by atoms with van der Waals surface area (Å²) in [5, 5.41) is 3.10. The maximum atomic E-state index is 11.4. The number of rotatable bonds is 4. The van der Waals surface area contributed by atoms with E-state index >= 15 is 0 Å². The Morgan fingerprint density at radius 3 is 3.00 bits per heavy atom. The Labute approximate surface area is 127 Å². The summed E-state index contributed by atoms with van der Waals surface area (Å²) in [5.41, 5.74) is 5.45. The standard InChI is InChI=1S/C13H20BrN5O/c1-3-16-13-17-6-10(14)12(18-13)19-7-9(11(15)20)5-4-8(19)2/h6,8-9H,3-5,7H2,1-2H3,(H2,15,20)(H,16,17,18). The van der Waals surface area contributed by atoms with Gasteiger partial charge in [0.25, 0.3) is 0 Å². The summed E-state index contributed by atoms with van der Waals surface area (Å²) in [4.78, 5) is 22.3. The third-order valence-corrected chi connectivity index (χ3v) is 4.18. The number of halogens is 1. The number of hydrogen-bond donors (Lipinski definition) is 2. The van der Waals surface area contributed by atoms with Crippen LogP contribution >= 0.6 is 15.9 Å². The SMILES string of the molecule is CCNc1ncc(Br)c(N2CC(C(N)=O)CCC2C)n1. The van der Waals surface area contributed by atoms with Gasteiger partial charge in [-0.25, -0.2) is 4.98 Å². The van der Waals surface area contributed by atoms with E-state index in [1.807, 2.05) is 6.92 Å². The maximum absolute atomic E-state index is 11.4. The van der Waals surface area contributed by atoms with Gasteiger partial charge in [-0.2, -0.15) is 4.98 Å². The lowest BCUT2D eigenvalue weighted by atomic mass is 9.93. The lowest BCUT2D eigenvalue weighted by Crippen LogP contribution is -2.46. The Balaban J connectivity index is 2.27. The molecule has 0 spiro atoms. The van der Waals surface area contributed by atoms with Gasteiger partial charge in [-0.1, -0.05) is 0 Å². The maximum Gasteiger partial charge on any atom is 0.224 e. The predicted octanol–water partition coefficient (Wildman–Crippen LogP) is 1.76. The van der Waals surface area contributed by atoms with Crippen molar-refractivity contribution in [2.75, 3.05) is 23.3 Å². The van der Waals surface area contributed by atoms with Gasteiger partial charge in [0.05, 0.1) is 10.4 Å². The molecule has 20 heavy (non-hydrogen) atoms. The molecule has 3 N–H and O–H groups in total. The van der Waals surface area contributed by atoms with Gasteiger partial charge < -0.3 is 16.0 Å². The number of anilines is 2. The lowest BCUT2D eigenvalue weighted by Gasteiger charge is -2.38. The van der Waals surface area contributed by atoms with Crippen LogP contribution in [-0.4, -0.2) is 35.0 Å². The van der Waals surface area contributed by atoms with Crippen LogP contribution < -0.4 is 16.0 Å². The Bertz CT molecular complexity index is 496. The minimum Gasteiger partial charge on any atom is -0.369 e. The largest absolute Gasteiger partial charge is 0.369 e. The van der Waals surface area contributed by atoms with E-state index in [0.717, 1.165) is 29.7 Å². The van der Waals surface area contributed by atoms with Crippen LogP contribution in [-0.2, 0) is 4.79 Å². The number of hydrogen-bond acceptors (Lipinski definition) is 5. The highest BCUT2D eigenvalue weighted by Gasteiger charge is 2.30. The van der Waals surface area contributed by atoms with E-state index in [1.54, 1.807) is 6.20 Å². The van der Waals surface area contributed by atoms with Gasteiger partial charge in [-0.3, -0.25) is 4.79 Å². The molecule has 1 aromatic heterocycles. The molecule has 1 aliphatic rings. The monoisotopic (exact) mass is 341 g/mol. The third kappa shape index (κ3) is 3.20. The van der Waals surface area contributed by atoms with Crippen LogP contribution in [0.2, 0.25) is 0 Å². The molecule has 0 aliphatic carbocycles. The van der Waals surface area contributed by atoms with Gasteiger partial charge in [0.1, 0.15) is 5.82 Å². The normalized spacial score (nSPS) is 22.6. The first kappa shape index (κ1) is 15.0. The average molecular weight is 342 g/mol. The molecule has 110 valence electrons. The van der Waals surface area contributed by atoms with E-state index in [4.69, 9.17) is 5.73 Å². The molecule has 6 nitrogen and oxygen atoms in total. The molecule has 1 fully saturated rings. The zero-order valence-corrected chi connectivity index (χ0v) is 13.4. The van der Waals surface area contributed by atoms with Crippen LogP contribution in [0.15, 0.2) is 10.7 Å². The van der Waals surface area contributed by atoms with Gasteiger partial charge in [0.15, 0.2) is 0 Å². The second-order valence-corrected chi connectivity index (χ2v) is 5.93. The van der Waals surface area contributed by atoms with Crippen molar-refractivity contribution in [1.82, 2.24) is 9.97 Å². The zero-order valence-electron chi connectivity index (χ0n) is 11.8. The molecule has 1 saturated heterocycles. The van der Waals surface area contributed by atoms with E-state index in [2.05, 4.69) is 43.0 Å². The number of carbonyl (C=O) groups excluding carboxylic acids is 1. The number of carbonyl (C=O) groups is 1. The van der Waals surface area contributed by atoms with Crippen LogP contribution in [0.25, 0.3) is 0 Å². The topological polar surface area (TPSA) is 84.1 Å². The van der Waals surface area contributed by atoms with Crippen molar-refractivity contribution < 1.29 is 4.79 Å². The highest BCUT2D eigenvalue weighted by Crippen LogP contribution is 2.31. The van der Waals surface area contributed by atoms with Gasteiger partial charge in [0.2, 0.25) is 11.9 Å². The number of piperidine rings is 1. The minimum atomic E-state index is -0.237. The van der Waals surface area contributed by atoms with Crippen molar-refractivity contribution in [3.63, 3.8) is 0 Å². The molecular formula is C13H20BrN5O. The van der Waals surface area contributed by atoms with Crippen molar-refractivity contribution in [2.45, 2.75) is 32.7 Å². The Kier molecular flexibility index (Phi) is 4.80. The Hall–Kier alpha value is -1.37. The average Bonchev–Trinajstić information content (AvgIpc) is 2.42. The molecule has 2 unspecified atom stereocenters. The molecule has 1 aromatic rings. The van der Waals surface area contributed by atoms with Crippen molar-refractivity contribution in [1.29, 1.82) is 0 Å². The fourth-order valence-electron chi connectivity index (χ4n) is 2.44. The molecule has 2 rings (SSSR count). The van der Waals surface area contributed by atoms with E-state index in [1.165, 1.54) is 0 Å². The minimum absolute atomic E-state index is 0.115. The summed E-state index contributed by atoms with van der Waals surface area (Å²) < 4.78 is 0.830. The fraction of sp³-hybridized carbons (Fsp3) is 0.615. The third-order valence-electron chi connectivity index (χ3n) is 3.62. The second kappa shape index (κ2) is 6.39. The van der Waals surface area contributed by atoms with Gasteiger partial charge in [-0.15, -0.1) is 0 Å². The summed E-state index contributed by atoms with van der Waals surface area (Å²) in [5.74, 6) is 1.06. The van der Waals surface area contributed by atoms with Crippen LogP contribution in [0.4, 0.5) is 11.8 Å². The number of nitrogens with zero attached hydrogens (tertiary/aromatic N) is 3. The van der Waals surface area contributed by atoms with Crippen LogP contribution in [0.3, 0.4) is 0 Å². The highest BCUT2D eigenvalue weighted by molar-refractivity contribution is 9.10. The summed E-state index contributed by atoms with van der Waals surface area (Å²) in [6, 6.07) is 0.325. The van der Waals surface area contributed by atoms with E-state index in [9.17, 15) is 4.79 Å². The fourth-order valence-corrected chi connectivity index (χ4v) is 2.86. The summed E-state index contributed by atoms with van der Waals surface area (Å²) >= 11 is 3.49. The molecule has 0 saturated carbocycles. The summed E-state index contributed by atoms with van der Waals surface area (Å²) in [6.07, 6.45) is 3.51. The smallest absolute Gasteiger partial charge is 0.224 e. The molecule has 0 radical (unpaired) electrons. The number of nitrogens with one attached hydrogen (secondary N) is 1. The molecule has 2 atom stereocenters. The Morgan fingerprint density at radius 1 is 1.60 bits per heavy atom. The van der Waals surface area contributed by atoms with Crippen molar-refractivity contribution in [3.05, 3.63) is 10.7 Å². The molecule has 7 heteroatoms. The first-order valence-electron chi connectivity index (χ1n) is 6.85. The summed E-state index contributed by atoms with van der Waals surface area (Å²) in [6.45, 7) is 5.51. The highest BCUT2D eigenvalue weighted by atomic mass is 79.9. The lowest BCUT2D eigenvalue weighted by molar-refractivity contribution is -0.122. The molecule has 2 heterocycles. The van der Waals surface area contributed by atoms with Crippen molar-refractivity contribution in [3.8, 4) is 0 Å². The Morgan fingerprint density at radius 2 is 2.35 bits per heavy atom. The number of primary amides is 1. The molecule has 0 aromatic carbocycles. The predicted molar refractivity (Wildman–Crippen MR) is 82.6 cm³/mol. The first-order valence-corrected chi connectivity index (χ1v) is 7.64. The number of amides is 1. The van der Waals surface area contributed by atoms with E-state index in [-0.39, 0.29) is 11.8 Å².